The molecule has 1 aromatic carbocycles. The normalized spacial score (nSPS) is 12.6. The van der Waals surface area contributed by atoms with Crippen molar-refractivity contribution in [3.8, 4) is 0 Å². The van der Waals surface area contributed by atoms with Crippen LogP contribution in [0.2, 0.25) is 0 Å². The third kappa shape index (κ3) is 4.27. The van der Waals surface area contributed by atoms with Gasteiger partial charge in [0.2, 0.25) is 0 Å². The Morgan fingerprint density at radius 2 is 2.21 bits per heavy atom. The fraction of sp³-hybridized carbons (Fsp3) is 0.385. The molecule has 0 bridgehead atoms. The minimum absolute atomic E-state index is 0.199. The van der Waals surface area contributed by atoms with Crippen LogP contribution >= 0.6 is 39.0 Å². The third-order valence-corrected chi connectivity index (χ3v) is 5.23. The highest BCUT2D eigenvalue weighted by atomic mass is 79.9. The molecule has 2 N–H and O–H groups in total. The van der Waals surface area contributed by atoms with Gasteiger partial charge in [-0.15, -0.1) is 10.2 Å². The van der Waals surface area contributed by atoms with E-state index < -0.39 is 0 Å². The van der Waals surface area contributed by atoms with Crippen LogP contribution in [0.15, 0.2) is 31.9 Å². The standard InChI is InChI=1S/C13H16BrN3S2/c1-3-11(15)7-9-6-10(14)4-5-12(9)19-13-17-16-8(2)18-13/h4-6,11H,3,7,15H2,1-2H3. The predicted octanol–water partition coefficient (Wildman–Crippen LogP) is 4.04. The lowest BCUT2D eigenvalue weighted by molar-refractivity contribution is 0.641. The van der Waals surface area contributed by atoms with Gasteiger partial charge in [0.1, 0.15) is 5.01 Å². The van der Waals surface area contributed by atoms with Crippen LogP contribution in [-0.4, -0.2) is 16.2 Å². The maximum atomic E-state index is 6.07. The lowest BCUT2D eigenvalue weighted by atomic mass is 10.1. The number of benzene rings is 1. The number of nitrogens with two attached hydrogens (primary N) is 1. The Labute approximate surface area is 130 Å². The first-order valence-corrected chi connectivity index (χ1v) is 8.53. The van der Waals surface area contributed by atoms with Crippen molar-refractivity contribution < 1.29 is 0 Å². The molecule has 0 saturated heterocycles. The number of rotatable bonds is 5. The number of aromatic nitrogens is 2. The molecule has 0 amide bonds. The van der Waals surface area contributed by atoms with E-state index >= 15 is 0 Å². The smallest absolute Gasteiger partial charge is 0.179 e. The lowest BCUT2D eigenvalue weighted by Gasteiger charge is -2.12. The summed E-state index contributed by atoms with van der Waals surface area (Å²) in [5, 5.41) is 9.21. The van der Waals surface area contributed by atoms with Gasteiger partial charge in [0.05, 0.1) is 0 Å². The Bertz CT molecular complexity index is 557. The summed E-state index contributed by atoms with van der Waals surface area (Å²) in [4.78, 5) is 1.21. The van der Waals surface area contributed by atoms with E-state index in [1.807, 2.05) is 6.92 Å². The maximum absolute atomic E-state index is 6.07. The SMILES string of the molecule is CCC(N)Cc1cc(Br)ccc1Sc1nnc(C)s1. The highest BCUT2D eigenvalue weighted by Gasteiger charge is 2.11. The van der Waals surface area contributed by atoms with Crippen molar-refractivity contribution in [3.63, 3.8) is 0 Å². The average Bonchev–Trinajstić information content (AvgIpc) is 2.78. The third-order valence-electron chi connectivity index (χ3n) is 2.73. The minimum Gasteiger partial charge on any atom is -0.327 e. The zero-order valence-corrected chi connectivity index (χ0v) is 14.1. The zero-order chi connectivity index (χ0) is 13.8. The second kappa shape index (κ2) is 6.83. The second-order valence-electron chi connectivity index (χ2n) is 4.31. The molecule has 6 heteroatoms. The molecular formula is C13H16BrN3S2. The van der Waals surface area contributed by atoms with Gasteiger partial charge in [-0.25, -0.2) is 0 Å². The Kier molecular flexibility index (Phi) is 5.38. The monoisotopic (exact) mass is 357 g/mol. The average molecular weight is 358 g/mol. The van der Waals surface area contributed by atoms with Crippen LogP contribution in [-0.2, 0) is 6.42 Å². The topological polar surface area (TPSA) is 51.8 Å². The highest BCUT2D eigenvalue weighted by Crippen LogP contribution is 2.34. The van der Waals surface area contributed by atoms with Crippen LogP contribution in [0.5, 0.6) is 0 Å². The zero-order valence-electron chi connectivity index (χ0n) is 10.9. The van der Waals surface area contributed by atoms with E-state index in [-0.39, 0.29) is 6.04 Å². The lowest BCUT2D eigenvalue weighted by Crippen LogP contribution is -2.21. The summed E-state index contributed by atoms with van der Waals surface area (Å²) in [6, 6.07) is 6.51. The summed E-state index contributed by atoms with van der Waals surface area (Å²) in [6.07, 6.45) is 1.87. The molecule has 102 valence electrons. The summed E-state index contributed by atoms with van der Waals surface area (Å²) in [6.45, 7) is 4.08. The molecule has 0 fully saturated rings. The first-order chi connectivity index (χ1) is 9.08. The van der Waals surface area contributed by atoms with Crippen molar-refractivity contribution in [2.24, 2.45) is 5.73 Å². The summed E-state index contributed by atoms with van der Waals surface area (Å²) >= 11 is 6.80. The molecule has 19 heavy (non-hydrogen) atoms. The Morgan fingerprint density at radius 3 is 2.84 bits per heavy atom. The van der Waals surface area contributed by atoms with E-state index in [1.54, 1.807) is 23.1 Å². The van der Waals surface area contributed by atoms with Gasteiger partial charge in [0.15, 0.2) is 4.34 Å². The Hall–Kier alpha value is -0.430. The summed E-state index contributed by atoms with van der Waals surface area (Å²) < 4.78 is 2.06. The van der Waals surface area contributed by atoms with E-state index in [0.29, 0.717) is 0 Å². The molecule has 0 aliphatic carbocycles. The second-order valence-corrected chi connectivity index (χ2v) is 7.70. The molecule has 1 aromatic heterocycles. The molecule has 1 unspecified atom stereocenters. The van der Waals surface area contributed by atoms with E-state index in [1.165, 1.54) is 10.5 Å². The molecule has 0 spiro atoms. The van der Waals surface area contributed by atoms with Crippen molar-refractivity contribution in [3.05, 3.63) is 33.2 Å². The molecule has 2 aromatic rings. The number of nitrogens with zero attached hydrogens (tertiary/aromatic N) is 2. The fourth-order valence-corrected chi connectivity index (χ4v) is 3.95. The molecule has 3 nitrogen and oxygen atoms in total. The number of aryl methyl sites for hydroxylation is 1. The van der Waals surface area contributed by atoms with Crippen molar-refractivity contribution in [1.82, 2.24) is 10.2 Å². The summed E-state index contributed by atoms with van der Waals surface area (Å²) in [5.74, 6) is 0. The highest BCUT2D eigenvalue weighted by molar-refractivity contribution is 9.10. The van der Waals surface area contributed by atoms with Gasteiger partial charge >= 0.3 is 0 Å². The molecule has 0 radical (unpaired) electrons. The van der Waals surface area contributed by atoms with Crippen LogP contribution in [0.3, 0.4) is 0 Å². The molecule has 2 rings (SSSR count). The largest absolute Gasteiger partial charge is 0.327 e. The van der Waals surface area contributed by atoms with Gasteiger partial charge in [-0.2, -0.15) is 0 Å². The molecule has 1 atom stereocenters. The van der Waals surface area contributed by atoms with Crippen molar-refractivity contribution in [2.75, 3.05) is 0 Å². The molecular weight excluding hydrogens is 342 g/mol. The van der Waals surface area contributed by atoms with E-state index in [2.05, 4.69) is 51.3 Å². The van der Waals surface area contributed by atoms with Crippen molar-refractivity contribution in [2.45, 2.75) is 42.0 Å². The Morgan fingerprint density at radius 1 is 1.42 bits per heavy atom. The van der Waals surface area contributed by atoms with Crippen LogP contribution < -0.4 is 5.73 Å². The molecule has 0 saturated carbocycles. The van der Waals surface area contributed by atoms with Gasteiger partial charge in [-0.1, -0.05) is 46.0 Å². The quantitative estimate of drug-likeness (QED) is 0.876. The number of halogens is 1. The van der Waals surface area contributed by atoms with E-state index in [4.69, 9.17) is 5.73 Å². The van der Waals surface area contributed by atoms with Crippen LogP contribution in [0.1, 0.15) is 23.9 Å². The van der Waals surface area contributed by atoms with Gasteiger partial charge in [-0.3, -0.25) is 0 Å². The van der Waals surface area contributed by atoms with Gasteiger partial charge < -0.3 is 5.73 Å². The Balaban J connectivity index is 2.23. The summed E-state index contributed by atoms with van der Waals surface area (Å²) in [5.41, 5.74) is 7.34. The van der Waals surface area contributed by atoms with Crippen molar-refractivity contribution in [1.29, 1.82) is 0 Å². The molecule has 1 heterocycles. The van der Waals surface area contributed by atoms with Gasteiger partial charge in [-0.05, 0) is 43.5 Å². The van der Waals surface area contributed by atoms with Crippen LogP contribution in [0, 0.1) is 6.92 Å². The number of hydrogen-bond donors (Lipinski definition) is 1. The summed E-state index contributed by atoms with van der Waals surface area (Å²) in [7, 11) is 0. The van der Waals surface area contributed by atoms with Crippen LogP contribution in [0.25, 0.3) is 0 Å². The first-order valence-electron chi connectivity index (χ1n) is 6.10. The van der Waals surface area contributed by atoms with E-state index in [9.17, 15) is 0 Å². The van der Waals surface area contributed by atoms with Crippen LogP contribution in [0.4, 0.5) is 0 Å². The van der Waals surface area contributed by atoms with Gasteiger partial charge in [0.25, 0.3) is 0 Å². The molecule has 0 aliphatic rings. The minimum atomic E-state index is 0.199. The maximum Gasteiger partial charge on any atom is 0.179 e. The van der Waals surface area contributed by atoms with Crippen molar-refractivity contribution >= 4 is 39.0 Å². The van der Waals surface area contributed by atoms with E-state index in [0.717, 1.165) is 26.7 Å². The fourth-order valence-electron chi connectivity index (χ4n) is 1.65. The molecule has 0 aliphatic heterocycles. The first kappa shape index (κ1) is 15.0. The van der Waals surface area contributed by atoms with Gasteiger partial charge in [0, 0.05) is 15.4 Å². The number of hydrogen-bond acceptors (Lipinski definition) is 5. The predicted molar refractivity (Wildman–Crippen MR) is 84.9 cm³/mol.